The first-order chi connectivity index (χ1) is 16.5. The van der Waals surface area contributed by atoms with Crippen molar-refractivity contribution in [2.75, 3.05) is 18.0 Å². The summed E-state index contributed by atoms with van der Waals surface area (Å²) in [6, 6.07) is 12.4. The number of rotatable bonds is 4. The van der Waals surface area contributed by atoms with E-state index < -0.39 is 11.7 Å². The van der Waals surface area contributed by atoms with Crippen LogP contribution in [0.3, 0.4) is 0 Å². The second kappa shape index (κ2) is 9.34. The summed E-state index contributed by atoms with van der Waals surface area (Å²) in [7, 11) is 1.69. The number of hydrogen-bond donors (Lipinski definition) is 0. The molecule has 1 aliphatic rings. The number of alkyl halides is 3. The van der Waals surface area contributed by atoms with Gasteiger partial charge in [-0.1, -0.05) is 19.1 Å². The topological polar surface area (TPSA) is 65.2 Å². The van der Waals surface area contributed by atoms with E-state index in [1.807, 2.05) is 6.92 Å². The molecular weight excluding hydrogens is 455 g/mol. The third-order valence-corrected chi connectivity index (χ3v) is 7.07. The molecule has 4 rings (SSSR count). The van der Waals surface area contributed by atoms with Crippen molar-refractivity contribution in [1.29, 1.82) is 5.26 Å². The third kappa shape index (κ3) is 4.63. The van der Waals surface area contributed by atoms with Gasteiger partial charge in [0.2, 0.25) is 0 Å². The van der Waals surface area contributed by atoms with Gasteiger partial charge in [-0.25, -0.2) is 4.98 Å². The number of nitriles is 1. The van der Waals surface area contributed by atoms with Crippen LogP contribution in [0.4, 0.5) is 18.9 Å². The molecule has 2 aromatic heterocycles. The highest BCUT2D eigenvalue weighted by Crippen LogP contribution is 2.35. The fourth-order valence-electron chi connectivity index (χ4n) is 4.98. The Morgan fingerprint density at radius 2 is 1.86 bits per heavy atom. The maximum absolute atomic E-state index is 13.0. The Labute approximate surface area is 202 Å². The largest absolute Gasteiger partial charge is 0.416 e. The van der Waals surface area contributed by atoms with Crippen LogP contribution in [-0.4, -0.2) is 39.6 Å². The molecule has 1 saturated heterocycles. The lowest BCUT2D eigenvalue weighted by molar-refractivity contribution is -0.137. The lowest BCUT2D eigenvalue weighted by Crippen LogP contribution is -2.58. The minimum absolute atomic E-state index is 0.0611. The number of anilines is 1. The van der Waals surface area contributed by atoms with E-state index in [0.717, 1.165) is 24.1 Å². The van der Waals surface area contributed by atoms with Crippen LogP contribution in [0.2, 0.25) is 0 Å². The Morgan fingerprint density at radius 3 is 2.46 bits per heavy atom. The summed E-state index contributed by atoms with van der Waals surface area (Å²) in [6.07, 6.45) is -3.56. The predicted octanol–water partition coefficient (Wildman–Crippen LogP) is 4.87. The number of hydrogen-bond acceptors (Lipinski definition) is 5. The molecule has 0 amide bonds. The Balaban J connectivity index is 1.67. The average Bonchev–Trinajstić information content (AvgIpc) is 2.84. The van der Waals surface area contributed by atoms with E-state index in [1.54, 1.807) is 37.4 Å². The normalized spacial score (nSPS) is 20.1. The van der Waals surface area contributed by atoms with Gasteiger partial charge in [0.25, 0.3) is 5.56 Å². The number of benzene rings is 1. The SMILES string of the molecule is CC[C@H]1CN(C(C)c2ccc(C(F)(F)F)cc2)[C@H](C)CN1c1cc(=O)n(C)c2ccc(C#N)nc12. The minimum Gasteiger partial charge on any atom is -0.364 e. The molecule has 3 atom stereocenters. The van der Waals surface area contributed by atoms with Gasteiger partial charge in [-0.2, -0.15) is 18.4 Å². The molecule has 0 N–H and O–H groups in total. The number of pyridine rings is 2. The van der Waals surface area contributed by atoms with Crippen LogP contribution in [0.25, 0.3) is 11.0 Å². The fraction of sp³-hybridized carbons (Fsp3) is 0.423. The van der Waals surface area contributed by atoms with E-state index >= 15 is 0 Å². The molecule has 0 radical (unpaired) electrons. The summed E-state index contributed by atoms with van der Waals surface area (Å²) in [6.45, 7) is 7.46. The first-order valence-corrected chi connectivity index (χ1v) is 11.7. The van der Waals surface area contributed by atoms with Crippen LogP contribution in [-0.2, 0) is 13.2 Å². The number of piperazine rings is 1. The molecule has 3 heterocycles. The molecule has 1 aromatic carbocycles. The molecule has 0 aliphatic carbocycles. The van der Waals surface area contributed by atoms with Crippen LogP contribution in [0, 0.1) is 11.3 Å². The number of halogens is 3. The fourth-order valence-corrected chi connectivity index (χ4v) is 4.98. The lowest BCUT2D eigenvalue weighted by atomic mass is 9.97. The van der Waals surface area contributed by atoms with E-state index in [9.17, 15) is 23.2 Å². The number of aromatic nitrogens is 2. The maximum Gasteiger partial charge on any atom is 0.416 e. The van der Waals surface area contributed by atoms with Crippen LogP contribution >= 0.6 is 0 Å². The predicted molar refractivity (Wildman–Crippen MR) is 129 cm³/mol. The van der Waals surface area contributed by atoms with Crippen molar-refractivity contribution in [1.82, 2.24) is 14.5 Å². The zero-order chi connectivity index (χ0) is 25.5. The molecule has 0 spiro atoms. The summed E-state index contributed by atoms with van der Waals surface area (Å²) in [5.41, 5.74) is 2.29. The summed E-state index contributed by atoms with van der Waals surface area (Å²) in [5, 5.41) is 9.36. The van der Waals surface area contributed by atoms with Gasteiger partial charge >= 0.3 is 6.18 Å². The van der Waals surface area contributed by atoms with Crippen molar-refractivity contribution in [3.8, 4) is 6.07 Å². The molecule has 35 heavy (non-hydrogen) atoms. The highest BCUT2D eigenvalue weighted by molar-refractivity contribution is 5.89. The van der Waals surface area contributed by atoms with E-state index in [4.69, 9.17) is 0 Å². The third-order valence-electron chi connectivity index (χ3n) is 7.07. The van der Waals surface area contributed by atoms with Gasteiger partial charge in [-0.05, 0) is 50.1 Å². The molecule has 184 valence electrons. The molecule has 3 aromatic rings. The van der Waals surface area contributed by atoms with Crippen molar-refractivity contribution in [2.45, 2.75) is 51.5 Å². The molecule has 1 aliphatic heterocycles. The van der Waals surface area contributed by atoms with Crippen molar-refractivity contribution >= 4 is 16.7 Å². The highest BCUT2D eigenvalue weighted by Gasteiger charge is 2.35. The Bertz CT molecular complexity index is 1330. The second-order valence-corrected chi connectivity index (χ2v) is 9.16. The molecule has 1 unspecified atom stereocenters. The second-order valence-electron chi connectivity index (χ2n) is 9.16. The van der Waals surface area contributed by atoms with E-state index in [0.29, 0.717) is 29.8 Å². The van der Waals surface area contributed by atoms with Gasteiger partial charge in [0, 0.05) is 44.3 Å². The van der Waals surface area contributed by atoms with Gasteiger partial charge in [-0.3, -0.25) is 9.69 Å². The van der Waals surface area contributed by atoms with Crippen molar-refractivity contribution in [2.24, 2.45) is 7.05 Å². The van der Waals surface area contributed by atoms with Gasteiger partial charge in [-0.15, -0.1) is 0 Å². The van der Waals surface area contributed by atoms with E-state index in [-0.39, 0.29) is 29.4 Å². The molecule has 1 fully saturated rings. The molecule has 6 nitrogen and oxygen atoms in total. The summed E-state index contributed by atoms with van der Waals surface area (Å²) >= 11 is 0. The van der Waals surface area contributed by atoms with Gasteiger partial charge in [0.1, 0.15) is 17.3 Å². The van der Waals surface area contributed by atoms with Gasteiger partial charge in [0.05, 0.1) is 16.8 Å². The van der Waals surface area contributed by atoms with Gasteiger partial charge in [0.15, 0.2) is 0 Å². The maximum atomic E-state index is 13.0. The zero-order valence-corrected chi connectivity index (χ0v) is 20.2. The molecular formula is C26H28F3N5O. The smallest absolute Gasteiger partial charge is 0.364 e. The first kappa shape index (κ1) is 24.7. The van der Waals surface area contributed by atoms with Crippen LogP contribution in [0.15, 0.2) is 47.3 Å². The summed E-state index contributed by atoms with van der Waals surface area (Å²) < 4.78 is 40.5. The quantitative estimate of drug-likeness (QED) is 0.530. The van der Waals surface area contributed by atoms with Crippen LogP contribution in [0.5, 0.6) is 0 Å². The van der Waals surface area contributed by atoms with Crippen molar-refractivity contribution < 1.29 is 13.2 Å². The van der Waals surface area contributed by atoms with Crippen LogP contribution < -0.4 is 10.5 Å². The van der Waals surface area contributed by atoms with Crippen LogP contribution in [0.1, 0.15) is 50.1 Å². The Morgan fingerprint density at radius 1 is 1.17 bits per heavy atom. The number of nitrogens with zero attached hydrogens (tertiary/aromatic N) is 5. The number of fused-ring (bicyclic) bond motifs is 1. The monoisotopic (exact) mass is 483 g/mol. The van der Waals surface area contributed by atoms with E-state index in [1.165, 1.54) is 4.57 Å². The van der Waals surface area contributed by atoms with E-state index in [2.05, 4.69) is 34.7 Å². The molecule has 9 heteroatoms. The summed E-state index contributed by atoms with van der Waals surface area (Å²) in [5.74, 6) is 0. The zero-order valence-electron chi connectivity index (χ0n) is 20.2. The highest BCUT2D eigenvalue weighted by atomic mass is 19.4. The van der Waals surface area contributed by atoms with Crippen molar-refractivity contribution in [3.05, 3.63) is 69.6 Å². The minimum atomic E-state index is -4.36. The summed E-state index contributed by atoms with van der Waals surface area (Å²) in [4.78, 5) is 21.8. The standard InChI is InChI=1S/C26H28F3N5O/c1-5-21-15-33(17(3)18-6-8-19(9-7-18)26(27,28)29)16(2)14-34(21)23-12-24(35)32(4)22-11-10-20(13-30)31-25(22)23/h6-12,16-17,21H,5,14-15H2,1-4H3/t16-,17?,21+/m1/s1. The number of aryl methyl sites for hydroxylation is 1. The van der Waals surface area contributed by atoms with Crippen molar-refractivity contribution in [3.63, 3.8) is 0 Å². The molecule has 0 saturated carbocycles. The molecule has 0 bridgehead atoms. The first-order valence-electron chi connectivity index (χ1n) is 11.7. The van der Waals surface area contributed by atoms with Gasteiger partial charge < -0.3 is 9.47 Å². The average molecular weight is 484 g/mol. The Hall–Kier alpha value is -3.38. The lowest BCUT2D eigenvalue weighted by Gasteiger charge is -2.48. The Kier molecular flexibility index (Phi) is 6.60.